The number of benzene rings is 4. The Labute approximate surface area is 297 Å². The van der Waals surface area contributed by atoms with Gasteiger partial charge < -0.3 is 34.2 Å². The van der Waals surface area contributed by atoms with Gasteiger partial charge in [0.2, 0.25) is 5.91 Å². The molecule has 4 atom stereocenters. The molecule has 11 heteroatoms. The topological polar surface area (TPSA) is 143 Å². The lowest BCUT2D eigenvalue weighted by molar-refractivity contribution is -0.160. The van der Waals surface area contributed by atoms with Crippen molar-refractivity contribution >= 4 is 23.8 Å². The summed E-state index contributed by atoms with van der Waals surface area (Å²) in [6.07, 6.45) is -2.42. The highest BCUT2D eigenvalue weighted by molar-refractivity contribution is 5.96. The van der Waals surface area contributed by atoms with Gasteiger partial charge in [0, 0.05) is 26.2 Å². The number of aliphatic carboxylic acids is 2. The van der Waals surface area contributed by atoms with Crippen LogP contribution in [0.1, 0.15) is 37.8 Å². The minimum absolute atomic E-state index is 0.0953. The maximum atomic E-state index is 14.2. The predicted octanol–water partition coefficient (Wildman–Crippen LogP) is 6.62. The molecule has 0 unspecified atom stereocenters. The zero-order chi connectivity index (χ0) is 36.3. The Hall–Kier alpha value is -5.68. The average molecular weight is 695 g/mol. The van der Waals surface area contributed by atoms with E-state index in [2.05, 4.69) is 0 Å². The second kappa shape index (κ2) is 17.3. The first-order valence-electron chi connectivity index (χ1n) is 17.0. The van der Waals surface area contributed by atoms with Crippen molar-refractivity contribution in [2.75, 3.05) is 13.1 Å². The van der Waals surface area contributed by atoms with Gasteiger partial charge in [-0.25, -0.2) is 4.79 Å². The number of nitrogens with zero attached hydrogens (tertiary/aromatic N) is 2. The maximum absolute atomic E-state index is 14.2. The number of rotatable bonds is 16. The molecular formula is C40H42N2O9. The van der Waals surface area contributed by atoms with E-state index in [1.807, 2.05) is 74.5 Å². The molecule has 1 heterocycles. The zero-order valence-corrected chi connectivity index (χ0v) is 28.6. The standard InChI is InChI=1S/C40H42N2O9/c1-3-23-41(25-27-15-19-31(20-16-27)49-29-11-7-5-8-12-29)37(43)33-34(39(45)46)35(51-36(33)40(47)48)38(44)42(24-4-2)26-28-17-21-32(22-18-28)50-30-13-9-6-10-14-30/h5-22,33-36H,3-4,23-26H2,1-2H3,(H,45,46)(H,47,48)/t33-,34+,35+,36-/m1/s1. The number of ether oxygens (including phenoxy) is 3. The van der Waals surface area contributed by atoms with E-state index in [4.69, 9.17) is 14.2 Å². The lowest BCUT2D eigenvalue weighted by Gasteiger charge is -2.29. The van der Waals surface area contributed by atoms with Gasteiger partial charge in [0.15, 0.2) is 12.2 Å². The van der Waals surface area contributed by atoms with E-state index in [9.17, 15) is 29.4 Å². The van der Waals surface area contributed by atoms with Gasteiger partial charge in [0.05, 0.1) is 5.92 Å². The van der Waals surface area contributed by atoms with Gasteiger partial charge in [-0.1, -0.05) is 74.5 Å². The summed E-state index contributed by atoms with van der Waals surface area (Å²) in [6, 6.07) is 32.8. The van der Waals surface area contributed by atoms with Crippen molar-refractivity contribution in [1.82, 2.24) is 9.80 Å². The molecular weight excluding hydrogens is 652 g/mol. The number of para-hydroxylation sites is 2. The van der Waals surface area contributed by atoms with E-state index < -0.39 is 47.8 Å². The molecule has 0 aliphatic carbocycles. The van der Waals surface area contributed by atoms with Crippen LogP contribution in [0.4, 0.5) is 0 Å². The molecule has 266 valence electrons. The van der Waals surface area contributed by atoms with Gasteiger partial charge in [-0.15, -0.1) is 0 Å². The minimum atomic E-state index is -1.83. The van der Waals surface area contributed by atoms with Gasteiger partial charge in [0.25, 0.3) is 5.91 Å². The van der Waals surface area contributed by atoms with Gasteiger partial charge in [-0.05, 0) is 72.5 Å². The smallest absolute Gasteiger partial charge is 0.333 e. The molecule has 1 saturated heterocycles. The van der Waals surface area contributed by atoms with Crippen molar-refractivity contribution < 1.29 is 43.6 Å². The van der Waals surface area contributed by atoms with Crippen LogP contribution < -0.4 is 9.47 Å². The molecule has 2 amide bonds. The highest BCUT2D eigenvalue weighted by Gasteiger charge is 2.58. The van der Waals surface area contributed by atoms with Crippen molar-refractivity contribution in [1.29, 1.82) is 0 Å². The van der Waals surface area contributed by atoms with Crippen LogP contribution in [0.25, 0.3) is 0 Å². The van der Waals surface area contributed by atoms with Gasteiger partial charge >= 0.3 is 11.9 Å². The van der Waals surface area contributed by atoms with E-state index in [0.29, 0.717) is 35.8 Å². The molecule has 0 saturated carbocycles. The van der Waals surface area contributed by atoms with Gasteiger partial charge in [-0.3, -0.25) is 14.4 Å². The van der Waals surface area contributed by atoms with E-state index in [1.165, 1.54) is 9.80 Å². The van der Waals surface area contributed by atoms with Crippen LogP contribution in [0, 0.1) is 11.8 Å². The predicted molar refractivity (Wildman–Crippen MR) is 188 cm³/mol. The zero-order valence-electron chi connectivity index (χ0n) is 28.6. The molecule has 1 aliphatic rings. The van der Waals surface area contributed by atoms with E-state index in [1.54, 1.807) is 48.5 Å². The Morgan fingerprint density at radius 2 is 0.961 bits per heavy atom. The highest BCUT2D eigenvalue weighted by atomic mass is 16.5. The van der Waals surface area contributed by atoms with Crippen LogP contribution in [0.3, 0.4) is 0 Å². The van der Waals surface area contributed by atoms with E-state index in [0.717, 1.165) is 11.1 Å². The van der Waals surface area contributed by atoms with Crippen LogP contribution in [-0.4, -0.2) is 69.1 Å². The third kappa shape index (κ3) is 9.31. The molecule has 0 spiro atoms. The van der Waals surface area contributed by atoms with E-state index >= 15 is 0 Å². The summed E-state index contributed by atoms with van der Waals surface area (Å²) in [5, 5.41) is 20.6. The Balaban J connectivity index is 1.33. The Morgan fingerprint density at radius 3 is 1.35 bits per heavy atom. The van der Waals surface area contributed by atoms with Crippen molar-refractivity contribution in [3.8, 4) is 23.0 Å². The molecule has 2 N–H and O–H groups in total. The monoisotopic (exact) mass is 694 g/mol. The molecule has 1 aliphatic heterocycles. The molecule has 0 radical (unpaired) electrons. The summed E-state index contributed by atoms with van der Waals surface area (Å²) in [5.74, 6) is -5.19. The Kier molecular flexibility index (Phi) is 12.4. The maximum Gasteiger partial charge on any atom is 0.333 e. The fourth-order valence-electron chi connectivity index (χ4n) is 6.17. The molecule has 4 aromatic rings. The lowest BCUT2D eigenvalue weighted by atomic mass is 9.85. The first-order chi connectivity index (χ1) is 24.7. The largest absolute Gasteiger partial charge is 0.481 e. The van der Waals surface area contributed by atoms with Gasteiger partial charge in [0.1, 0.15) is 28.9 Å². The number of carboxylic acids is 2. The second-order valence-electron chi connectivity index (χ2n) is 12.3. The molecule has 5 rings (SSSR count). The molecule has 4 aromatic carbocycles. The number of carbonyl (C=O) groups excluding carboxylic acids is 2. The summed E-state index contributed by atoms with van der Waals surface area (Å²) in [7, 11) is 0. The Bertz CT molecular complexity index is 1770. The summed E-state index contributed by atoms with van der Waals surface area (Å²) in [6.45, 7) is 4.44. The van der Waals surface area contributed by atoms with Crippen LogP contribution in [0.15, 0.2) is 109 Å². The fraction of sp³-hybridized carbons (Fsp3) is 0.300. The number of hydrogen-bond donors (Lipinski definition) is 2. The quantitative estimate of drug-likeness (QED) is 0.132. The normalized spacial score (nSPS) is 18.1. The average Bonchev–Trinajstić information content (AvgIpc) is 3.55. The summed E-state index contributed by atoms with van der Waals surface area (Å²) in [5.41, 5.74) is 1.48. The summed E-state index contributed by atoms with van der Waals surface area (Å²) < 4.78 is 17.5. The fourth-order valence-corrected chi connectivity index (χ4v) is 6.17. The first kappa shape index (κ1) is 36.6. The molecule has 11 nitrogen and oxygen atoms in total. The van der Waals surface area contributed by atoms with Crippen molar-refractivity contribution in [3.63, 3.8) is 0 Å². The van der Waals surface area contributed by atoms with Crippen molar-refractivity contribution in [2.45, 2.75) is 52.0 Å². The van der Waals surface area contributed by atoms with Crippen LogP contribution in [-0.2, 0) is 37.0 Å². The Morgan fingerprint density at radius 1 is 0.549 bits per heavy atom. The number of carbonyl (C=O) groups is 4. The summed E-state index contributed by atoms with van der Waals surface area (Å²) >= 11 is 0. The van der Waals surface area contributed by atoms with Crippen molar-refractivity contribution in [3.05, 3.63) is 120 Å². The number of hydrogen-bond acceptors (Lipinski definition) is 7. The third-order valence-corrected chi connectivity index (χ3v) is 8.55. The highest BCUT2D eigenvalue weighted by Crippen LogP contribution is 2.37. The van der Waals surface area contributed by atoms with E-state index in [-0.39, 0.29) is 26.2 Å². The van der Waals surface area contributed by atoms with Crippen molar-refractivity contribution in [2.24, 2.45) is 11.8 Å². The SMILES string of the molecule is CCCN(Cc1ccc(Oc2ccccc2)cc1)C(=O)[C@@H]1[C@H](C(=O)O)[C@@H](C(=O)N(CCC)Cc2ccc(Oc3ccccc3)cc2)O[C@H]1C(=O)O. The number of amides is 2. The lowest BCUT2D eigenvalue weighted by Crippen LogP contribution is -2.48. The minimum Gasteiger partial charge on any atom is -0.481 e. The number of carboxylic acid groups (broad SMARTS) is 2. The summed E-state index contributed by atoms with van der Waals surface area (Å²) in [4.78, 5) is 56.4. The molecule has 51 heavy (non-hydrogen) atoms. The van der Waals surface area contributed by atoms with Crippen LogP contribution in [0.2, 0.25) is 0 Å². The molecule has 1 fully saturated rings. The third-order valence-electron chi connectivity index (χ3n) is 8.55. The van der Waals surface area contributed by atoms with Gasteiger partial charge in [-0.2, -0.15) is 0 Å². The molecule has 0 aromatic heterocycles. The molecule has 0 bridgehead atoms. The second-order valence-corrected chi connectivity index (χ2v) is 12.3. The van der Waals surface area contributed by atoms with Crippen LogP contribution >= 0.6 is 0 Å². The van der Waals surface area contributed by atoms with Crippen LogP contribution in [0.5, 0.6) is 23.0 Å². The first-order valence-corrected chi connectivity index (χ1v) is 17.0.